The lowest BCUT2D eigenvalue weighted by atomic mass is 9.74. The lowest BCUT2D eigenvalue weighted by Gasteiger charge is -2.38. The molecule has 1 aliphatic rings. The zero-order valence-electron chi connectivity index (χ0n) is 18.7. The summed E-state index contributed by atoms with van der Waals surface area (Å²) in [7, 11) is -3.79. The van der Waals surface area contributed by atoms with E-state index in [-0.39, 0.29) is 34.1 Å². The summed E-state index contributed by atoms with van der Waals surface area (Å²) in [6.07, 6.45) is 1.38. The maximum Gasteiger partial charge on any atom is 0.251 e. The molecule has 0 aromatic heterocycles. The van der Waals surface area contributed by atoms with Gasteiger partial charge < -0.3 is 10.1 Å². The standard InChI is InChI=1S/C26H27FN2O4S/c27-23-11-9-22(10-12-23)26(13-15-33-16-14-26)19-28-25(30)21-7-4-8-24(17-21)34(31,32)29-18-20-5-2-1-3-6-20/h1-12,17,29H,13-16,18-19H2,(H,28,30). The van der Waals surface area contributed by atoms with E-state index in [9.17, 15) is 17.6 Å². The molecular formula is C26H27FN2O4S. The summed E-state index contributed by atoms with van der Waals surface area (Å²) in [6.45, 7) is 1.59. The third-order valence-electron chi connectivity index (χ3n) is 6.21. The minimum Gasteiger partial charge on any atom is -0.381 e. The van der Waals surface area contributed by atoms with Gasteiger partial charge in [-0.2, -0.15) is 0 Å². The molecule has 3 aromatic rings. The predicted molar refractivity (Wildman–Crippen MR) is 127 cm³/mol. The summed E-state index contributed by atoms with van der Waals surface area (Å²) in [4.78, 5) is 13.0. The highest BCUT2D eigenvalue weighted by Gasteiger charge is 2.35. The van der Waals surface area contributed by atoms with Crippen molar-refractivity contribution in [3.63, 3.8) is 0 Å². The van der Waals surface area contributed by atoms with Crippen LogP contribution in [0.4, 0.5) is 4.39 Å². The molecule has 2 N–H and O–H groups in total. The number of hydrogen-bond donors (Lipinski definition) is 2. The number of amides is 1. The lowest BCUT2D eigenvalue weighted by Crippen LogP contribution is -2.44. The highest BCUT2D eigenvalue weighted by Crippen LogP contribution is 2.34. The van der Waals surface area contributed by atoms with E-state index in [1.54, 1.807) is 24.3 Å². The van der Waals surface area contributed by atoms with Crippen molar-refractivity contribution in [2.75, 3.05) is 19.8 Å². The van der Waals surface area contributed by atoms with Crippen molar-refractivity contribution in [1.82, 2.24) is 10.0 Å². The van der Waals surface area contributed by atoms with Crippen LogP contribution in [-0.4, -0.2) is 34.1 Å². The summed E-state index contributed by atoms with van der Waals surface area (Å²) in [5.41, 5.74) is 1.66. The van der Waals surface area contributed by atoms with E-state index in [1.807, 2.05) is 30.3 Å². The third kappa shape index (κ3) is 5.70. The minimum absolute atomic E-state index is 0.0235. The van der Waals surface area contributed by atoms with Gasteiger partial charge in [0, 0.05) is 37.3 Å². The van der Waals surface area contributed by atoms with E-state index < -0.39 is 10.0 Å². The van der Waals surface area contributed by atoms with E-state index in [1.165, 1.54) is 24.3 Å². The van der Waals surface area contributed by atoms with Crippen LogP contribution in [0.5, 0.6) is 0 Å². The van der Waals surface area contributed by atoms with Gasteiger partial charge in [0.25, 0.3) is 5.91 Å². The van der Waals surface area contributed by atoms with Gasteiger partial charge in [0.15, 0.2) is 0 Å². The predicted octanol–water partition coefficient (Wildman–Crippen LogP) is 3.78. The van der Waals surface area contributed by atoms with E-state index in [0.29, 0.717) is 32.6 Å². The Labute approximate surface area is 199 Å². The average molecular weight is 483 g/mol. The van der Waals surface area contributed by atoms with Crippen LogP contribution in [0.2, 0.25) is 0 Å². The van der Waals surface area contributed by atoms with Gasteiger partial charge in [-0.1, -0.05) is 48.5 Å². The van der Waals surface area contributed by atoms with Gasteiger partial charge in [-0.05, 0) is 54.3 Å². The molecule has 1 heterocycles. The molecular weight excluding hydrogens is 455 g/mol. The molecule has 0 bridgehead atoms. The van der Waals surface area contributed by atoms with Gasteiger partial charge in [0.1, 0.15) is 5.82 Å². The molecule has 34 heavy (non-hydrogen) atoms. The summed E-state index contributed by atoms with van der Waals surface area (Å²) in [5.74, 6) is -0.679. The van der Waals surface area contributed by atoms with Crippen LogP contribution in [0, 0.1) is 5.82 Å². The van der Waals surface area contributed by atoms with Crippen molar-refractivity contribution >= 4 is 15.9 Å². The normalized spacial score (nSPS) is 15.6. The van der Waals surface area contributed by atoms with Crippen LogP contribution in [0.25, 0.3) is 0 Å². The Balaban J connectivity index is 1.46. The molecule has 3 aromatic carbocycles. The maximum atomic E-state index is 13.5. The van der Waals surface area contributed by atoms with Gasteiger partial charge in [-0.15, -0.1) is 0 Å². The van der Waals surface area contributed by atoms with E-state index in [0.717, 1.165) is 11.1 Å². The minimum atomic E-state index is -3.79. The topological polar surface area (TPSA) is 84.5 Å². The van der Waals surface area contributed by atoms with Crippen LogP contribution in [0.15, 0.2) is 83.8 Å². The summed E-state index contributed by atoms with van der Waals surface area (Å²) in [6, 6.07) is 21.5. The Morgan fingerprint density at radius 1 is 0.941 bits per heavy atom. The molecule has 1 amide bonds. The number of carbonyl (C=O) groups is 1. The van der Waals surface area contributed by atoms with Crippen LogP contribution in [0.3, 0.4) is 0 Å². The number of ether oxygens (including phenoxy) is 1. The molecule has 1 saturated heterocycles. The Bertz CT molecular complexity index is 1230. The van der Waals surface area contributed by atoms with E-state index >= 15 is 0 Å². The average Bonchev–Trinajstić information content (AvgIpc) is 2.88. The lowest BCUT2D eigenvalue weighted by molar-refractivity contribution is 0.0487. The largest absolute Gasteiger partial charge is 0.381 e. The first kappa shape index (κ1) is 24.1. The third-order valence-corrected chi connectivity index (χ3v) is 7.61. The number of halogens is 1. The van der Waals surface area contributed by atoms with Crippen molar-refractivity contribution in [2.24, 2.45) is 0 Å². The zero-order chi connectivity index (χ0) is 24.0. The van der Waals surface area contributed by atoms with Crippen molar-refractivity contribution in [3.05, 3.63) is 101 Å². The quantitative estimate of drug-likeness (QED) is 0.512. The molecule has 6 nitrogen and oxygen atoms in total. The highest BCUT2D eigenvalue weighted by molar-refractivity contribution is 7.89. The molecule has 8 heteroatoms. The Morgan fingerprint density at radius 3 is 2.35 bits per heavy atom. The highest BCUT2D eigenvalue weighted by atomic mass is 32.2. The first-order valence-corrected chi connectivity index (χ1v) is 12.6. The summed E-state index contributed by atoms with van der Waals surface area (Å²) in [5, 5.41) is 2.96. The van der Waals surface area contributed by atoms with E-state index in [4.69, 9.17) is 4.74 Å². The van der Waals surface area contributed by atoms with Crippen molar-refractivity contribution in [1.29, 1.82) is 0 Å². The van der Waals surface area contributed by atoms with Gasteiger partial charge in [0.2, 0.25) is 10.0 Å². The van der Waals surface area contributed by atoms with Gasteiger partial charge in [-0.3, -0.25) is 4.79 Å². The zero-order valence-corrected chi connectivity index (χ0v) is 19.5. The molecule has 0 spiro atoms. The Morgan fingerprint density at radius 2 is 1.65 bits per heavy atom. The Kier molecular flexibility index (Phi) is 7.41. The first-order chi connectivity index (χ1) is 16.4. The summed E-state index contributed by atoms with van der Waals surface area (Å²) >= 11 is 0. The second-order valence-electron chi connectivity index (χ2n) is 8.42. The second kappa shape index (κ2) is 10.5. The van der Waals surface area contributed by atoms with Crippen molar-refractivity contribution < 1.29 is 22.3 Å². The molecule has 0 radical (unpaired) electrons. The molecule has 4 rings (SSSR count). The van der Waals surface area contributed by atoms with E-state index in [2.05, 4.69) is 10.0 Å². The fourth-order valence-corrected chi connectivity index (χ4v) is 5.21. The SMILES string of the molecule is O=C(NCC1(c2ccc(F)cc2)CCOCC1)c1cccc(S(=O)(=O)NCc2ccccc2)c1. The van der Waals surface area contributed by atoms with Crippen LogP contribution < -0.4 is 10.0 Å². The van der Waals surface area contributed by atoms with Gasteiger partial charge in [0.05, 0.1) is 4.90 Å². The number of carbonyl (C=O) groups excluding carboxylic acids is 1. The number of nitrogens with one attached hydrogen (secondary N) is 2. The number of sulfonamides is 1. The summed E-state index contributed by atoms with van der Waals surface area (Å²) < 4.78 is 47.1. The fraction of sp³-hybridized carbons (Fsp3) is 0.269. The number of benzene rings is 3. The number of rotatable bonds is 8. The molecule has 0 unspecified atom stereocenters. The fourth-order valence-electron chi connectivity index (χ4n) is 4.15. The Hall–Kier alpha value is -3.07. The monoisotopic (exact) mass is 482 g/mol. The molecule has 0 atom stereocenters. The smallest absolute Gasteiger partial charge is 0.251 e. The van der Waals surface area contributed by atoms with Crippen LogP contribution >= 0.6 is 0 Å². The molecule has 1 fully saturated rings. The van der Waals surface area contributed by atoms with Crippen LogP contribution in [0.1, 0.15) is 34.3 Å². The van der Waals surface area contributed by atoms with Crippen molar-refractivity contribution in [3.8, 4) is 0 Å². The van der Waals surface area contributed by atoms with Crippen LogP contribution in [-0.2, 0) is 26.7 Å². The van der Waals surface area contributed by atoms with Gasteiger partial charge in [-0.25, -0.2) is 17.5 Å². The molecule has 0 aliphatic carbocycles. The molecule has 0 saturated carbocycles. The second-order valence-corrected chi connectivity index (χ2v) is 10.2. The van der Waals surface area contributed by atoms with Crippen molar-refractivity contribution in [2.45, 2.75) is 29.7 Å². The maximum absolute atomic E-state index is 13.5. The van der Waals surface area contributed by atoms with Gasteiger partial charge >= 0.3 is 0 Å². The number of hydrogen-bond acceptors (Lipinski definition) is 4. The first-order valence-electron chi connectivity index (χ1n) is 11.1. The molecule has 1 aliphatic heterocycles. The molecule has 178 valence electrons.